The van der Waals surface area contributed by atoms with Gasteiger partial charge in [-0.2, -0.15) is 0 Å². The number of carbonyl (C=O) groups is 2. The van der Waals surface area contributed by atoms with Crippen molar-refractivity contribution in [2.24, 2.45) is 5.73 Å². The molecular formula is C12H17N3O3. The summed E-state index contributed by atoms with van der Waals surface area (Å²) in [6, 6.07) is 6.60. The summed E-state index contributed by atoms with van der Waals surface area (Å²) in [6.07, 6.45) is 0. The molecular weight excluding hydrogens is 234 g/mol. The predicted octanol–water partition coefficient (Wildman–Crippen LogP) is 0.370. The van der Waals surface area contributed by atoms with Gasteiger partial charge in [-0.1, -0.05) is 12.1 Å². The third kappa shape index (κ3) is 4.84. The Hall–Kier alpha value is -2.08. The highest BCUT2D eigenvalue weighted by Gasteiger charge is 2.07. The van der Waals surface area contributed by atoms with Crippen LogP contribution in [-0.4, -0.2) is 25.1 Å². The minimum atomic E-state index is -0.526. The van der Waals surface area contributed by atoms with Gasteiger partial charge in [-0.3, -0.25) is 10.1 Å². The SMILES string of the molecule is CCNC(=O)NC(=O)COc1cccc(CN)c1. The van der Waals surface area contributed by atoms with Crippen LogP contribution in [0.4, 0.5) is 4.79 Å². The van der Waals surface area contributed by atoms with Crippen molar-refractivity contribution in [1.29, 1.82) is 0 Å². The van der Waals surface area contributed by atoms with Crippen LogP contribution in [0.25, 0.3) is 0 Å². The van der Waals surface area contributed by atoms with Gasteiger partial charge in [0.15, 0.2) is 6.61 Å². The van der Waals surface area contributed by atoms with E-state index in [1.54, 1.807) is 25.1 Å². The van der Waals surface area contributed by atoms with E-state index in [0.717, 1.165) is 5.56 Å². The number of carbonyl (C=O) groups excluding carboxylic acids is 2. The molecule has 0 saturated carbocycles. The van der Waals surface area contributed by atoms with E-state index in [1.165, 1.54) is 0 Å². The second-order valence-electron chi connectivity index (χ2n) is 3.55. The van der Waals surface area contributed by atoms with E-state index in [-0.39, 0.29) is 6.61 Å². The first kappa shape index (κ1) is 14.0. The molecule has 0 aliphatic heterocycles. The van der Waals surface area contributed by atoms with Gasteiger partial charge in [0.2, 0.25) is 0 Å². The molecule has 1 aromatic rings. The van der Waals surface area contributed by atoms with Crippen molar-refractivity contribution in [3.8, 4) is 5.75 Å². The van der Waals surface area contributed by atoms with Crippen molar-refractivity contribution in [3.63, 3.8) is 0 Å². The number of ether oxygens (including phenoxy) is 1. The summed E-state index contributed by atoms with van der Waals surface area (Å²) in [5.41, 5.74) is 6.40. The van der Waals surface area contributed by atoms with Crippen LogP contribution in [0.15, 0.2) is 24.3 Å². The summed E-state index contributed by atoms with van der Waals surface area (Å²) in [5, 5.41) is 4.59. The minimum absolute atomic E-state index is 0.217. The Kier molecular flexibility index (Phi) is 5.66. The van der Waals surface area contributed by atoms with Crippen molar-refractivity contribution in [2.45, 2.75) is 13.5 Å². The molecule has 0 aliphatic rings. The Labute approximate surface area is 105 Å². The van der Waals surface area contributed by atoms with Crippen LogP contribution in [-0.2, 0) is 11.3 Å². The molecule has 0 spiro atoms. The maximum absolute atomic E-state index is 11.3. The molecule has 0 unspecified atom stereocenters. The van der Waals surface area contributed by atoms with Crippen LogP contribution in [0.1, 0.15) is 12.5 Å². The maximum atomic E-state index is 11.3. The molecule has 4 N–H and O–H groups in total. The lowest BCUT2D eigenvalue weighted by Gasteiger charge is -2.07. The Bertz CT molecular complexity index is 421. The first-order chi connectivity index (χ1) is 8.65. The second-order valence-corrected chi connectivity index (χ2v) is 3.55. The van der Waals surface area contributed by atoms with Crippen LogP contribution in [0.5, 0.6) is 5.75 Å². The number of nitrogens with one attached hydrogen (secondary N) is 2. The van der Waals surface area contributed by atoms with Crippen LogP contribution in [0, 0.1) is 0 Å². The fourth-order valence-electron chi connectivity index (χ4n) is 1.28. The van der Waals surface area contributed by atoms with E-state index in [2.05, 4.69) is 10.6 Å². The summed E-state index contributed by atoms with van der Waals surface area (Å²) in [7, 11) is 0. The fraction of sp³-hybridized carbons (Fsp3) is 0.333. The Morgan fingerprint density at radius 3 is 2.83 bits per heavy atom. The summed E-state index contributed by atoms with van der Waals surface area (Å²) in [6.45, 7) is 2.41. The van der Waals surface area contributed by atoms with Gasteiger partial charge in [-0.05, 0) is 24.6 Å². The Morgan fingerprint density at radius 1 is 1.39 bits per heavy atom. The molecule has 3 amide bonds. The molecule has 18 heavy (non-hydrogen) atoms. The van der Waals surface area contributed by atoms with Gasteiger partial charge in [-0.25, -0.2) is 4.79 Å². The zero-order valence-corrected chi connectivity index (χ0v) is 10.2. The van der Waals surface area contributed by atoms with E-state index < -0.39 is 11.9 Å². The van der Waals surface area contributed by atoms with Gasteiger partial charge in [0, 0.05) is 13.1 Å². The van der Waals surface area contributed by atoms with Crippen LogP contribution >= 0.6 is 0 Å². The first-order valence-corrected chi connectivity index (χ1v) is 5.65. The summed E-state index contributed by atoms with van der Waals surface area (Å²) in [5.74, 6) is 0.0445. The molecule has 0 fully saturated rings. The molecule has 0 radical (unpaired) electrons. The van der Waals surface area contributed by atoms with Crippen molar-refractivity contribution in [3.05, 3.63) is 29.8 Å². The highest BCUT2D eigenvalue weighted by Crippen LogP contribution is 2.12. The molecule has 0 aromatic heterocycles. The number of nitrogens with two attached hydrogens (primary N) is 1. The van der Waals surface area contributed by atoms with Crippen LogP contribution in [0.3, 0.4) is 0 Å². The number of amides is 3. The second kappa shape index (κ2) is 7.29. The van der Waals surface area contributed by atoms with E-state index in [0.29, 0.717) is 18.8 Å². The van der Waals surface area contributed by atoms with Crippen LogP contribution < -0.4 is 21.1 Å². The van der Waals surface area contributed by atoms with Crippen molar-refractivity contribution in [2.75, 3.05) is 13.2 Å². The van der Waals surface area contributed by atoms with Gasteiger partial charge in [0.05, 0.1) is 0 Å². The maximum Gasteiger partial charge on any atom is 0.321 e. The first-order valence-electron chi connectivity index (χ1n) is 5.65. The molecule has 1 rings (SSSR count). The molecule has 1 aromatic carbocycles. The molecule has 6 heteroatoms. The Morgan fingerprint density at radius 2 is 2.17 bits per heavy atom. The number of rotatable bonds is 5. The third-order valence-electron chi connectivity index (χ3n) is 2.09. The van der Waals surface area contributed by atoms with Gasteiger partial charge < -0.3 is 15.8 Å². The average Bonchev–Trinajstić information content (AvgIpc) is 2.37. The van der Waals surface area contributed by atoms with Crippen molar-refractivity contribution >= 4 is 11.9 Å². The van der Waals surface area contributed by atoms with E-state index in [9.17, 15) is 9.59 Å². The normalized spacial score (nSPS) is 9.67. The van der Waals surface area contributed by atoms with Crippen LogP contribution in [0.2, 0.25) is 0 Å². The van der Waals surface area contributed by atoms with E-state index in [4.69, 9.17) is 10.5 Å². The highest BCUT2D eigenvalue weighted by atomic mass is 16.5. The molecule has 0 aliphatic carbocycles. The number of benzene rings is 1. The minimum Gasteiger partial charge on any atom is -0.484 e. The number of hydrogen-bond acceptors (Lipinski definition) is 4. The average molecular weight is 251 g/mol. The topological polar surface area (TPSA) is 93.5 Å². The quantitative estimate of drug-likeness (QED) is 0.704. The summed E-state index contributed by atoms with van der Waals surface area (Å²) >= 11 is 0. The van der Waals surface area contributed by atoms with Gasteiger partial charge >= 0.3 is 6.03 Å². The van der Waals surface area contributed by atoms with Crippen molar-refractivity contribution in [1.82, 2.24) is 10.6 Å². The number of imide groups is 1. The summed E-state index contributed by atoms with van der Waals surface area (Å²) < 4.78 is 5.24. The Balaban J connectivity index is 2.40. The number of urea groups is 1. The lowest BCUT2D eigenvalue weighted by molar-refractivity contribution is -0.122. The zero-order valence-electron chi connectivity index (χ0n) is 10.2. The zero-order chi connectivity index (χ0) is 13.4. The largest absolute Gasteiger partial charge is 0.484 e. The number of hydrogen-bond donors (Lipinski definition) is 3. The highest BCUT2D eigenvalue weighted by molar-refractivity contribution is 5.94. The molecule has 0 bridgehead atoms. The van der Waals surface area contributed by atoms with Gasteiger partial charge in [0.25, 0.3) is 5.91 Å². The monoisotopic (exact) mass is 251 g/mol. The molecule has 0 saturated heterocycles. The van der Waals surface area contributed by atoms with Gasteiger partial charge in [0.1, 0.15) is 5.75 Å². The molecule has 0 heterocycles. The van der Waals surface area contributed by atoms with E-state index >= 15 is 0 Å². The lowest BCUT2D eigenvalue weighted by Crippen LogP contribution is -2.41. The van der Waals surface area contributed by atoms with Gasteiger partial charge in [-0.15, -0.1) is 0 Å². The lowest BCUT2D eigenvalue weighted by atomic mass is 10.2. The molecule has 0 atom stereocenters. The smallest absolute Gasteiger partial charge is 0.321 e. The van der Waals surface area contributed by atoms with E-state index in [1.807, 2.05) is 6.07 Å². The fourth-order valence-corrected chi connectivity index (χ4v) is 1.28. The molecule has 98 valence electrons. The standard InChI is InChI=1S/C12H17N3O3/c1-2-14-12(17)15-11(16)8-18-10-5-3-4-9(6-10)7-13/h3-6H,2,7-8,13H2,1H3,(H2,14,15,16,17). The predicted molar refractivity (Wildman–Crippen MR) is 67.0 cm³/mol. The third-order valence-corrected chi connectivity index (χ3v) is 2.09. The van der Waals surface area contributed by atoms with Crippen molar-refractivity contribution < 1.29 is 14.3 Å². The molecule has 6 nitrogen and oxygen atoms in total. The summed E-state index contributed by atoms with van der Waals surface area (Å²) in [4.78, 5) is 22.4.